The predicted molar refractivity (Wildman–Crippen MR) is 543 cm³/mol. The summed E-state index contributed by atoms with van der Waals surface area (Å²) in [4.78, 5) is 132. The molecule has 15 atom stereocenters. The molecule has 0 radical (unpaired) electrons. The average Bonchev–Trinajstić information content (AvgIpc) is 1.69. The van der Waals surface area contributed by atoms with Crippen LogP contribution in [0.15, 0.2) is 0 Å². The van der Waals surface area contributed by atoms with E-state index in [1.54, 1.807) is 0 Å². The van der Waals surface area contributed by atoms with Crippen LogP contribution < -0.4 is 0 Å². The number of hydrogen-bond acceptors (Lipinski definition) is 22. The molecule has 0 aromatic rings. The predicted octanol–water partition coefficient (Wildman–Crippen LogP) is 26.4. The van der Waals surface area contributed by atoms with E-state index in [0.717, 1.165) is 145 Å². The van der Waals surface area contributed by atoms with Gasteiger partial charge in [-0.2, -0.15) is 0 Å². The molecule has 22 nitrogen and oxygen atoms in total. The minimum absolute atomic E-state index is 0.00857. The van der Waals surface area contributed by atoms with E-state index >= 15 is 0 Å². The van der Waals surface area contributed by atoms with Crippen LogP contribution in [0.1, 0.15) is 467 Å². The van der Waals surface area contributed by atoms with E-state index in [9.17, 15) is 52.7 Å². The average molecular weight is 1970 g/mol. The highest BCUT2D eigenvalue weighted by atomic mass is 16.6. The number of esters is 11. The van der Waals surface area contributed by atoms with Crippen molar-refractivity contribution < 1.29 is 105 Å². The van der Waals surface area contributed by atoms with Crippen LogP contribution in [-0.2, 0) is 105 Å². The van der Waals surface area contributed by atoms with Gasteiger partial charge in [-0.15, -0.1) is 0 Å². The smallest absolute Gasteiger partial charge is 0.312 e. The highest BCUT2D eigenvalue weighted by Crippen LogP contribution is 2.67. The molecule has 14 bridgehead atoms. The molecule has 0 spiro atoms. The lowest BCUT2D eigenvalue weighted by Crippen LogP contribution is -2.58. The van der Waals surface area contributed by atoms with Crippen LogP contribution in [0, 0.1) is 149 Å². The normalized spacial score (nSPS) is 33.0. The quantitative estimate of drug-likeness (QED) is 0.0545. The highest BCUT2D eigenvalue weighted by molar-refractivity contribution is 5.82. The van der Waals surface area contributed by atoms with Gasteiger partial charge in [-0.25, -0.2) is 0 Å². The Morgan fingerprint density at radius 2 is 0.536 bits per heavy atom. The molecule has 0 aromatic heterocycles. The molecule has 3 aliphatic heterocycles. The van der Waals surface area contributed by atoms with Gasteiger partial charge in [0.15, 0.2) is 0 Å². The number of fused-ring (bicyclic) bond motifs is 3. The Kier molecular flexibility index (Phi) is 36.4. The zero-order valence-corrected chi connectivity index (χ0v) is 94.1. The summed E-state index contributed by atoms with van der Waals surface area (Å²) < 4.78 is 62.2. The Balaban J connectivity index is 0.000000166. The largest absolute Gasteiger partial charge is 0.460 e. The minimum atomic E-state index is -0.455. The molecule has 3 heterocycles. The Morgan fingerprint density at radius 3 is 0.786 bits per heavy atom. The van der Waals surface area contributed by atoms with Crippen molar-refractivity contribution in [3.05, 3.63) is 0 Å². The molecule has 19 fully saturated rings. The maximum absolute atomic E-state index is 12.6. The van der Waals surface area contributed by atoms with Crippen molar-refractivity contribution in [2.45, 2.75) is 531 Å². The summed E-state index contributed by atoms with van der Waals surface area (Å²) >= 11 is 0. The molecule has 140 heavy (non-hydrogen) atoms. The third kappa shape index (κ3) is 25.8. The van der Waals surface area contributed by atoms with Gasteiger partial charge in [-0.1, -0.05) is 81.6 Å². The van der Waals surface area contributed by atoms with E-state index in [2.05, 4.69) is 62.3 Å². The van der Waals surface area contributed by atoms with Gasteiger partial charge in [0.25, 0.3) is 0 Å². The molecule has 800 valence electrons. The van der Waals surface area contributed by atoms with Crippen molar-refractivity contribution in [1.82, 2.24) is 0 Å². The van der Waals surface area contributed by atoms with Gasteiger partial charge in [0.1, 0.15) is 64.6 Å². The molecular weight excluding hydrogens is 1770 g/mol. The Labute approximate surface area is 845 Å². The Morgan fingerprint density at radius 1 is 0.293 bits per heavy atom. The van der Waals surface area contributed by atoms with Crippen molar-refractivity contribution in [2.75, 3.05) is 0 Å². The monoisotopic (exact) mass is 1970 g/mol. The van der Waals surface area contributed by atoms with Crippen LogP contribution in [0.3, 0.4) is 0 Å². The summed E-state index contributed by atoms with van der Waals surface area (Å²) in [7, 11) is 0. The van der Waals surface area contributed by atoms with Crippen LogP contribution in [-0.4, -0.2) is 130 Å². The SMILES string of the molecule is CCC(C)(C)C(=O)OC(C)(C)C.CCC(C)(C)C(=O)OC(C)(C)C12CC3CC(CC(C3)C1)C2.CCC(C)(C)C(=O)OC(C)(C)C12CC3CC(CC(C3)C1)C2.CCC(C)(C)C(=O)OC(C)(C)C1CCCCC1.CCC(C)(C)C(=O)OC1C2CC3C(=O)OC1C3C2.CCC(C)(C)C(=O)OC1C2CC3C(=O)OC1C3C2.CCC(C)(C)C(=O)OC1C2CC3C(=O)OC1C3C2.CCC1(OC(=O)C(C)(C)CC)CCCC1. The first-order chi connectivity index (χ1) is 64.6. The first-order valence-electron chi connectivity index (χ1n) is 56.0. The van der Waals surface area contributed by atoms with E-state index < -0.39 is 16.2 Å². The van der Waals surface area contributed by atoms with Crippen LogP contribution in [0.2, 0.25) is 0 Å². The van der Waals surface area contributed by atoms with Gasteiger partial charge in [0, 0.05) is 46.3 Å². The van der Waals surface area contributed by atoms with E-state index in [-0.39, 0.29) is 186 Å². The zero-order valence-electron chi connectivity index (χ0n) is 94.1. The maximum Gasteiger partial charge on any atom is 0.312 e. The van der Waals surface area contributed by atoms with E-state index in [4.69, 9.17) is 52.1 Å². The zero-order chi connectivity index (χ0) is 105. The second-order valence-electron chi connectivity index (χ2n) is 54.9. The summed E-state index contributed by atoms with van der Waals surface area (Å²) in [5.74, 6) is 7.08. The second-order valence-corrected chi connectivity index (χ2v) is 54.9. The van der Waals surface area contributed by atoms with Crippen molar-refractivity contribution in [3.8, 4) is 0 Å². The van der Waals surface area contributed by atoms with Crippen molar-refractivity contribution in [1.29, 1.82) is 0 Å². The minimum Gasteiger partial charge on any atom is -0.460 e. The van der Waals surface area contributed by atoms with Gasteiger partial charge in [-0.05, 0) is 426 Å². The van der Waals surface area contributed by atoms with Gasteiger partial charge in [0.05, 0.1) is 61.1 Å². The lowest BCUT2D eigenvalue weighted by molar-refractivity contribution is -0.206. The van der Waals surface area contributed by atoms with Gasteiger partial charge >= 0.3 is 65.7 Å². The van der Waals surface area contributed by atoms with Gasteiger partial charge in [0.2, 0.25) is 0 Å². The lowest BCUT2D eigenvalue weighted by atomic mass is 9.46. The maximum atomic E-state index is 12.6. The Hall–Kier alpha value is -5.83. The third-order valence-electron chi connectivity index (χ3n) is 39.6. The van der Waals surface area contributed by atoms with Crippen LogP contribution in [0.5, 0.6) is 0 Å². The molecule has 19 aliphatic rings. The molecule has 16 saturated carbocycles. The van der Waals surface area contributed by atoms with E-state index in [1.165, 1.54) is 122 Å². The van der Waals surface area contributed by atoms with E-state index in [0.29, 0.717) is 41.4 Å². The topological polar surface area (TPSA) is 289 Å². The number of hydrogen-bond donors (Lipinski definition) is 0. The van der Waals surface area contributed by atoms with Crippen LogP contribution in [0.25, 0.3) is 0 Å². The summed E-state index contributed by atoms with van der Waals surface area (Å²) in [6.07, 6.45) is 38.8. The van der Waals surface area contributed by atoms with Crippen molar-refractivity contribution in [2.24, 2.45) is 149 Å². The fraction of sp³-hybridized carbons (Fsp3) is 0.907. The first kappa shape index (κ1) is 116. The lowest BCUT2D eigenvalue weighted by Gasteiger charge is -2.61. The molecule has 0 amide bonds. The molecule has 19 rings (SSSR count). The molecule has 15 unspecified atom stereocenters. The van der Waals surface area contributed by atoms with E-state index in [1.807, 2.05) is 173 Å². The molecule has 22 heteroatoms. The molecule has 16 aliphatic carbocycles. The fourth-order valence-electron chi connectivity index (χ4n) is 26.4. The summed E-state index contributed by atoms with van der Waals surface area (Å²) in [6, 6.07) is 0. The first-order valence-corrected chi connectivity index (χ1v) is 56.0. The molecular formula is C118H196O22. The standard InChI is InChI=1S/2C19H32O2.C15H28O2.3C14H20O4.C13H24O2.C10H20O2/c2*1-6-17(2,3)16(20)21-18(4,5)19-10-13-7-14(11-19)9-15(8-13)12-19;1-6-14(2,3)13(16)17-15(4,5)12-10-8-7-9-11-12;3*1-4-14(2,3)13(16)18-10-7-5-8-9(6-7)12(15)17-11(8)10;1-5-12(3,4)11(14)15-13(6-2)9-7-8-10-13;1-7-10(5,6)8(11)12-9(2,3)4/h2*13-15H,6-12H2,1-5H3;12H,6-11H2,1-5H3;3*7-11H,4-6H2,1-3H3;5-10H2,1-4H3;7H2,1-6H3. The van der Waals surface area contributed by atoms with Crippen molar-refractivity contribution in [3.63, 3.8) is 0 Å². The summed E-state index contributed by atoms with van der Waals surface area (Å²) in [5.41, 5.74) is -4.06. The van der Waals surface area contributed by atoms with Crippen molar-refractivity contribution >= 4 is 65.7 Å². The number of ether oxygens (including phenoxy) is 11. The number of carbonyl (C=O) groups excluding carboxylic acids is 11. The van der Waals surface area contributed by atoms with Crippen LogP contribution >= 0.6 is 0 Å². The summed E-state index contributed by atoms with van der Waals surface area (Å²) in [6.45, 7) is 67.9. The van der Waals surface area contributed by atoms with Gasteiger partial charge in [-0.3, -0.25) is 52.7 Å². The Bertz CT molecular complexity index is 3980. The summed E-state index contributed by atoms with van der Waals surface area (Å²) in [5, 5.41) is 0. The molecule has 0 N–H and O–H groups in total. The second kappa shape index (κ2) is 43.9. The van der Waals surface area contributed by atoms with Crippen LogP contribution in [0.4, 0.5) is 0 Å². The number of carbonyl (C=O) groups is 11. The number of rotatable bonds is 27. The fourth-order valence-corrected chi connectivity index (χ4v) is 26.4. The third-order valence-corrected chi connectivity index (χ3v) is 39.6. The molecule has 0 aromatic carbocycles. The molecule has 3 saturated heterocycles. The van der Waals surface area contributed by atoms with Gasteiger partial charge < -0.3 is 52.1 Å². The highest BCUT2D eigenvalue weighted by Gasteiger charge is 2.68.